The zero-order chi connectivity index (χ0) is 9.97. The van der Waals surface area contributed by atoms with Gasteiger partial charge in [0, 0.05) is 19.3 Å². The second-order valence-corrected chi connectivity index (χ2v) is 4.28. The molecule has 1 aromatic rings. The van der Waals surface area contributed by atoms with Crippen LogP contribution < -0.4 is 5.73 Å². The fraction of sp³-hybridized carbons (Fsp3) is 0.273. The highest BCUT2D eigenvalue weighted by Gasteiger charge is 2.23. The van der Waals surface area contributed by atoms with Crippen molar-refractivity contribution in [2.75, 3.05) is 13.6 Å². The first kappa shape index (κ1) is 9.62. The molecule has 0 fully saturated rings. The summed E-state index contributed by atoms with van der Waals surface area (Å²) < 4.78 is 0. The standard InChI is InChI=1S/C11H14N2S/c1-13-10(7-12)8-14-11(13)9-5-3-2-4-6-9/h2-6,8,11H,7,12H2,1H3. The molecule has 1 aromatic carbocycles. The molecule has 0 saturated heterocycles. The number of hydrogen-bond donors (Lipinski definition) is 1. The Hall–Kier alpha value is -0.930. The quantitative estimate of drug-likeness (QED) is 0.804. The largest absolute Gasteiger partial charge is 0.360 e. The molecule has 1 atom stereocenters. The van der Waals surface area contributed by atoms with E-state index in [2.05, 4.69) is 41.6 Å². The van der Waals surface area contributed by atoms with Crippen molar-refractivity contribution >= 4 is 11.8 Å². The molecule has 1 aliphatic heterocycles. The van der Waals surface area contributed by atoms with Crippen LogP contribution >= 0.6 is 11.8 Å². The van der Waals surface area contributed by atoms with Crippen LogP contribution in [0, 0.1) is 0 Å². The average molecular weight is 206 g/mol. The fourth-order valence-corrected chi connectivity index (χ4v) is 2.76. The summed E-state index contributed by atoms with van der Waals surface area (Å²) in [4.78, 5) is 2.24. The van der Waals surface area contributed by atoms with Crippen molar-refractivity contribution in [3.8, 4) is 0 Å². The Labute approximate surface area is 88.8 Å². The Balaban J connectivity index is 2.17. The van der Waals surface area contributed by atoms with E-state index in [1.165, 1.54) is 11.3 Å². The van der Waals surface area contributed by atoms with Crippen LogP contribution in [0.25, 0.3) is 0 Å². The van der Waals surface area contributed by atoms with Crippen molar-refractivity contribution in [1.29, 1.82) is 0 Å². The van der Waals surface area contributed by atoms with E-state index in [1.54, 1.807) is 0 Å². The summed E-state index contributed by atoms with van der Waals surface area (Å²) in [5.74, 6) is 0. The van der Waals surface area contributed by atoms with Crippen LogP contribution in [-0.4, -0.2) is 18.5 Å². The van der Waals surface area contributed by atoms with E-state index in [9.17, 15) is 0 Å². The molecule has 0 spiro atoms. The summed E-state index contributed by atoms with van der Waals surface area (Å²) in [5, 5.41) is 2.55. The number of thioether (sulfide) groups is 1. The lowest BCUT2D eigenvalue weighted by Gasteiger charge is -2.24. The number of benzene rings is 1. The minimum Gasteiger partial charge on any atom is -0.360 e. The molecule has 1 heterocycles. The molecule has 2 N–H and O–H groups in total. The average Bonchev–Trinajstić information content (AvgIpc) is 2.61. The Kier molecular flexibility index (Phi) is 2.79. The van der Waals surface area contributed by atoms with Crippen molar-refractivity contribution in [3.63, 3.8) is 0 Å². The Bertz CT molecular complexity index is 334. The number of nitrogens with zero attached hydrogens (tertiary/aromatic N) is 1. The lowest BCUT2D eigenvalue weighted by molar-refractivity contribution is 0.405. The Morgan fingerprint density at radius 2 is 2.07 bits per heavy atom. The van der Waals surface area contributed by atoms with Gasteiger partial charge in [0.15, 0.2) is 0 Å². The zero-order valence-electron chi connectivity index (χ0n) is 8.18. The number of hydrogen-bond acceptors (Lipinski definition) is 3. The Morgan fingerprint density at radius 3 is 2.64 bits per heavy atom. The highest BCUT2D eigenvalue weighted by molar-refractivity contribution is 8.02. The normalized spacial score (nSPS) is 21.1. The third-order valence-electron chi connectivity index (χ3n) is 2.43. The van der Waals surface area contributed by atoms with Gasteiger partial charge in [-0.25, -0.2) is 0 Å². The van der Waals surface area contributed by atoms with Crippen LogP contribution in [0.2, 0.25) is 0 Å². The van der Waals surface area contributed by atoms with E-state index in [4.69, 9.17) is 5.73 Å². The molecule has 0 aromatic heterocycles. The van der Waals surface area contributed by atoms with E-state index < -0.39 is 0 Å². The van der Waals surface area contributed by atoms with Gasteiger partial charge in [-0.15, -0.1) is 11.8 Å². The lowest BCUT2D eigenvalue weighted by atomic mass is 10.2. The molecule has 2 nitrogen and oxygen atoms in total. The monoisotopic (exact) mass is 206 g/mol. The molecule has 1 aliphatic rings. The molecule has 0 amide bonds. The van der Waals surface area contributed by atoms with Crippen LogP contribution in [0.4, 0.5) is 0 Å². The minimum absolute atomic E-state index is 0.398. The van der Waals surface area contributed by atoms with Crippen molar-refractivity contribution in [1.82, 2.24) is 4.90 Å². The fourth-order valence-electron chi connectivity index (χ4n) is 1.58. The molecule has 0 saturated carbocycles. The molecule has 0 radical (unpaired) electrons. The highest BCUT2D eigenvalue weighted by atomic mass is 32.2. The molecular formula is C11H14N2S. The van der Waals surface area contributed by atoms with Crippen molar-refractivity contribution in [3.05, 3.63) is 47.0 Å². The van der Waals surface area contributed by atoms with Gasteiger partial charge in [0.1, 0.15) is 5.37 Å². The maximum Gasteiger partial charge on any atom is 0.104 e. The van der Waals surface area contributed by atoms with E-state index in [1.807, 2.05) is 17.8 Å². The van der Waals surface area contributed by atoms with Crippen LogP contribution in [0.3, 0.4) is 0 Å². The summed E-state index contributed by atoms with van der Waals surface area (Å²) >= 11 is 1.82. The number of rotatable bonds is 2. The lowest BCUT2D eigenvalue weighted by Crippen LogP contribution is -2.22. The third-order valence-corrected chi connectivity index (χ3v) is 3.69. The first-order valence-corrected chi connectivity index (χ1v) is 5.59. The van der Waals surface area contributed by atoms with Crippen LogP contribution in [0.15, 0.2) is 41.4 Å². The second kappa shape index (κ2) is 4.07. The van der Waals surface area contributed by atoms with Crippen molar-refractivity contribution in [2.45, 2.75) is 5.37 Å². The summed E-state index contributed by atoms with van der Waals surface area (Å²) in [6.07, 6.45) is 0. The van der Waals surface area contributed by atoms with E-state index in [0.717, 1.165) is 0 Å². The van der Waals surface area contributed by atoms with Gasteiger partial charge in [-0.2, -0.15) is 0 Å². The number of nitrogens with two attached hydrogens (primary N) is 1. The summed E-state index contributed by atoms with van der Waals surface area (Å²) in [6.45, 7) is 0.618. The van der Waals surface area contributed by atoms with Gasteiger partial charge in [0.05, 0.1) is 0 Å². The molecular weight excluding hydrogens is 192 g/mol. The molecule has 1 unspecified atom stereocenters. The van der Waals surface area contributed by atoms with E-state index in [0.29, 0.717) is 11.9 Å². The Morgan fingerprint density at radius 1 is 1.36 bits per heavy atom. The second-order valence-electron chi connectivity index (χ2n) is 3.32. The highest BCUT2D eigenvalue weighted by Crippen LogP contribution is 2.40. The van der Waals surface area contributed by atoms with Gasteiger partial charge in [0.25, 0.3) is 0 Å². The topological polar surface area (TPSA) is 29.3 Å². The van der Waals surface area contributed by atoms with E-state index in [-0.39, 0.29) is 0 Å². The summed E-state index contributed by atoms with van der Waals surface area (Å²) in [5.41, 5.74) is 8.19. The van der Waals surface area contributed by atoms with Gasteiger partial charge in [-0.05, 0) is 11.0 Å². The molecule has 74 valence electrons. The summed E-state index contributed by atoms with van der Waals surface area (Å²) in [7, 11) is 2.09. The zero-order valence-corrected chi connectivity index (χ0v) is 9.00. The maximum absolute atomic E-state index is 5.64. The predicted molar refractivity (Wildman–Crippen MR) is 61.7 cm³/mol. The smallest absolute Gasteiger partial charge is 0.104 e. The molecule has 0 aliphatic carbocycles. The van der Waals surface area contributed by atoms with Crippen LogP contribution in [0.1, 0.15) is 10.9 Å². The molecule has 2 rings (SSSR count). The van der Waals surface area contributed by atoms with Crippen LogP contribution in [-0.2, 0) is 0 Å². The van der Waals surface area contributed by atoms with Gasteiger partial charge < -0.3 is 10.6 Å². The predicted octanol–water partition coefficient (Wildman–Crippen LogP) is 2.16. The first-order chi connectivity index (χ1) is 6.83. The minimum atomic E-state index is 0.398. The molecule has 3 heteroatoms. The maximum atomic E-state index is 5.64. The molecule has 14 heavy (non-hydrogen) atoms. The SMILES string of the molecule is CN1C(CN)=CSC1c1ccccc1. The third kappa shape index (κ3) is 1.65. The van der Waals surface area contributed by atoms with Gasteiger partial charge in [-0.1, -0.05) is 30.3 Å². The summed E-state index contributed by atoms with van der Waals surface area (Å²) in [6, 6.07) is 10.5. The van der Waals surface area contributed by atoms with Gasteiger partial charge in [0.2, 0.25) is 0 Å². The van der Waals surface area contributed by atoms with E-state index >= 15 is 0 Å². The van der Waals surface area contributed by atoms with Gasteiger partial charge in [-0.3, -0.25) is 0 Å². The molecule has 0 bridgehead atoms. The van der Waals surface area contributed by atoms with Crippen molar-refractivity contribution < 1.29 is 0 Å². The number of likely N-dealkylation sites (N-methyl/N-ethyl adjacent to an activating group) is 1. The van der Waals surface area contributed by atoms with Crippen LogP contribution in [0.5, 0.6) is 0 Å². The first-order valence-electron chi connectivity index (χ1n) is 4.65. The van der Waals surface area contributed by atoms with Crippen molar-refractivity contribution in [2.24, 2.45) is 5.73 Å². The van der Waals surface area contributed by atoms with Gasteiger partial charge >= 0.3 is 0 Å².